The van der Waals surface area contributed by atoms with Gasteiger partial charge in [-0.25, -0.2) is 9.48 Å². The molecule has 3 rings (SSSR count). The van der Waals surface area contributed by atoms with E-state index in [1.165, 1.54) is 7.11 Å². The average molecular weight is 312 g/mol. The molecule has 2 aromatic carbocycles. The number of hydrogen-bond donors (Lipinski definition) is 1. The summed E-state index contributed by atoms with van der Waals surface area (Å²) < 4.78 is 11.6. The number of esters is 1. The molecule has 0 spiro atoms. The minimum absolute atomic E-state index is 0.164. The molecule has 0 radical (unpaired) electrons. The summed E-state index contributed by atoms with van der Waals surface area (Å²) in [5.74, 6) is 0.307. The number of carbonyl (C=O) groups is 1. The maximum Gasteiger partial charge on any atom is 0.337 e. The fourth-order valence-electron chi connectivity index (χ4n) is 2.46. The molecular weight excluding hydrogens is 296 g/mol. The van der Waals surface area contributed by atoms with E-state index in [9.17, 15) is 9.90 Å². The second-order valence-electron chi connectivity index (χ2n) is 4.94. The highest BCUT2D eigenvalue weighted by Gasteiger charge is 2.13. The molecule has 6 heteroatoms. The topological polar surface area (TPSA) is 73.6 Å². The van der Waals surface area contributed by atoms with Gasteiger partial charge in [0.05, 0.1) is 43.3 Å². The molecule has 0 saturated carbocycles. The molecule has 0 aliphatic heterocycles. The van der Waals surface area contributed by atoms with Crippen LogP contribution in [0, 0.1) is 0 Å². The van der Waals surface area contributed by atoms with Gasteiger partial charge in [-0.1, -0.05) is 0 Å². The predicted molar refractivity (Wildman–Crippen MR) is 84.9 cm³/mol. The van der Waals surface area contributed by atoms with Gasteiger partial charge in [0.25, 0.3) is 0 Å². The highest BCUT2D eigenvalue weighted by atomic mass is 16.5. The number of fused-ring (bicyclic) bond motifs is 1. The first-order valence-corrected chi connectivity index (χ1v) is 7.03. The quantitative estimate of drug-likeness (QED) is 0.748. The number of aromatic nitrogens is 2. The summed E-state index contributed by atoms with van der Waals surface area (Å²) in [6.45, 7) is -0.164. The minimum Gasteiger partial charge on any atom is -0.497 e. The third-order valence-electron chi connectivity index (χ3n) is 3.66. The van der Waals surface area contributed by atoms with Gasteiger partial charge in [-0.15, -0.1) is 0 Å². The van der Waals surface area contributed by atoms with Crippen molar-refractivity contribution in [2.24, 2.45) is 0 Å². The first-order chi connectivity index (χ1) is 11.2. The number of aliphatic hydroxyl groups is 1. The Labute approximate surface area is 132 Å². The van der Waals surface area contributed by atoms with Crippen molar-refractivity contribution in [3.8, 4) is 11.4 Å². The summed E-state index contributed by atoms with van der Waals surface area (Å²) >= 11 is 0. The molecule has 0 unspecified atom stereocenters. The van der Waals surface area contributed by atoms with Gasteiger partial charge in [0, 0.05) is 5.39 Å². The van der Waals surface area contributed by atoms with Crippen molar-refractivity contribution in [2.75, 3.05) is 14.2 Å². The zero-order chi connectivity index (χ0) is 16.4. The molecule has 0 fully saturated rings. The number of ether oxygens (including phenoxy) is 2. The zero-order valence-corrected chi connectivity index (χ0v) is 12.8. The van der Waals surface area contributed by atoms with Crippen molar-refractivity contribution in [2.45, 2.75) is 6.61 Å². The molecule has 23 heavy (non-hydrogen) atoms. The zero-order valence-electron chi connectivity index (χ0n) is 12.8. The minimum atomic E-state index is -0.394. The number of carbonyl (C=O) groups excluding carboxylic acids is 1. The number of rotatable bonds is 4. The van der Waals surface area contributed by atoms with E-state index in [2.05, 4.69) is 9.84 Å². The fraction of sp³-hybridized carbons (Fsp3) is 0.176. The van der Waals surface area contributed by atoms with Gasteiger partial charge in [-0.2, -0.15) is 5.10 Å². The number of aliphatic hydroxyl groups excluding tert-OH is 1. The van der Waals surface area contributed by atoms with Crippen LogP contribution >= 0.6 is 0 Å². The van der Waals surface area contributed by atoms with Gasteiger partial charge in [0.15, 0.2) is 0 Å². The monoisotopic (exact) mass is 312 g/mol. The molecule has 0 aliphatic rings. The van der Waals surface area contributed by atoms with E-state index < -0.39 is 5.97 Å². The average Bonchev–Trinajstić information content (AvgIpc) is 2.98. The Hall–Kier alpha value is -2.86. The highest BCUT2D eigenvalue weighted by molar-refractivity contribution is 5.89. The number of hydrogen-bond acceptors (Lipinski definition) is 5. The normalized spacial score (nSPS) is 10.7. The Morgan fingerprint density at radius 2 is 1.91 bits per heavy atom. The number of benzene rings is 2. The van der Waals surface area contributed by atoms with Crippen molar-refractivity contribution in [1.29, 1.82) is 0 Å². The lowest BCUT2D eigenvalue weighted by atomic mass is 10.2. The lowest BCUT2D eigenvalue weighted by Crippen LogP contribution is -2.04. The lowest BCUT2D eigenvalue weighted by Gasteiger charge is -2.06. The third-order valence-corrected chi connectivity index (χ3v) is 3.66. The second kappa shape index (κ2) is 6.10. The van der Waals surface area contributed by atoms with Gasteiger partial charge in [0.2, 0.25) is 0 Å². The largest absolute Gasteiger partial charge is 0.497 e. The molecule has 118 valence electrons. The van der Waals surface area contributed by atoms with Gasteiger partial charge in [-0.05, 0) is 42.5 Å². The molecule has 1 N–H and O–H groups in total. The fourth-order valence-corrected chi connectivity index (χ4v) is 2.46. The molecule has 0 bridgehead atoms. The Morgan fingerprint density at radius 1 is 1.17 bits per heavy atom. The van der Waals surface area contributed by atoms with E-state index in [1.54, 1.807) is 36.1 Å². The van der Waals surface area contributed by atoms with E-state index in [0.717, 1.165) is 16.6 Å². The van der Waals surface area contributed by atoms with Crippen LogP contribution in [-0.2, 0) is 11.3 Å². The molecule has 0 aliphatic carbocycles. The third kappa shape index (κ3) is 2.64. The predicted octanol–water partition coefficient (Wildman–Crippen LogP) is 2.31. The summed E-state index contributed by atoms with van der Waals surface area (Å²) in [6, 6.07) is 12.3. The van der Waals surface area contributed by atoms with Crippen molar-refractivity contribution in [1.82, 2.24) is 9.78 Å². The van der Waals surface area contributed by atoms with Gasteiger partial charge in [0.1, 0.15) is 5.75 Å². The maximum absolute atomic E-state index is 11.5. The molecular formula is C17H16N2O4. The molecule has 1 heterocycles. The van der Waals surface area contributed by atoms with Crippen LogP contribution < -0.4 is 4.74 Å². The number of methoxy groups -OCH3 is 2. The SMILES string of the molecule is COC(=O)c1ccc(-n2nc3ccc(OC)cc3c2CO)cc1. The van der Waals surface area contributed by atoms with Crippen LogP contribution in [0.3, 0.4) is 0 Å². The van der Waals surface area contributed by atoms with Gasteiger partial charge in [-0.3, -0.25) is 0 Å². The van der Waals surface area contributed by atoms with Crippen LogP contribution in [0.15, 0.2) is 42.5 Å². The van der Waals surface area contributed by atoms with Gasteiger partial charge < -0.3 is 14.6 Å². The highest BCUT2D eigenvalue weighted by Crippen LogP contribution is 2.26. The van der Waals surface area contributed by atoms with Crippen LogP contribution in [0.4, 0.5) is 0 Å². The van der Waals surface area contributed by atoms with Crippen LogP contribution in [0.1, 0.15) is 16.1 Å². The Kier molecular flexibility index (Phi) is 3.99. The summed E-state index contributed by atoms with van der Waals surface area (Å²) in [5.41, 5.74) is 2.62. The van der Waals surface area contributed by atoms with Crippen molar-refractivity contribution in [3.63, 3.8) is 0 Å². The van der Waals surface area contributed by atoms with E-state index in [0.29, 0.717) is 17.0 Å². The van der Waals surface area contributed by atoms with Crippen molar-refractivity contribution in [3.05, 3.63) is 53.7 Å². The van der Waals surface area contributed by atoms with Crippen LogP contribution in [0.5, 0.6) is 5.75 Å². The van der Waals surface area contributed by atoms with Crippen LogP contribution in [-0.4, -0.2) is 35.1 Å². The summed E-state index contributed by atoms with van der Waals surface area (Å²) in [5, 5.41) is 15.1. The summed E-state index contributed by atoms with van der Waals surface area (Å²) in [6.07, 6.45) is 0. The van der Waals surface area contributed by atoms with Crippen LogP contribution in [0.2, 0.25) is 0 Å². The standard InChI is InChI=1S/C17H16N2O4/c1-22-13-7-8-15-14(9-13)16(10-20)19(18-15)12-5-3-11(4-6-12)17(21)23-2/h3-9,20H,10H2,1-2H3. The smallest absolute Gasteiger partial charge is 0.337 e. The Bertz CT molecular complexity index is 853. The Balaban J connectivity index is 2.10. The lowest BCUT2D eigenvalue weighted by molar-refractivity contribution is 0.0600. The van der Waals surface area contributed by atoms with Crippen molar-refractivity contribution >= 4 is 16.9 Å². The Morgan fingerprint density at radius 3 is 2.52 bits per heavy atom. The summed E-state index contributed by atoms with van der Waals surface area (Å²) in [7, 11) is 2.93. The summed E-state index contributed by atoms with van der Waals surface area (Å²) in [4.78, 5) is 11.5. The van der Waals surface area contributed by atoms with Crippen molar-refractivity contribution < 1.29 is 19.4 Å². The molecule has 0 atom stereocenters. The molecule has 0 amide bonds. The second-order valence-corrected chi connectivity index (χ2v) is 4.94. The van der Waals surface area contributed by atoms with E-state index in [-0.39, 0.29) is 6.61 Å². The van der Waals surface area contributed by atoms with E-state index >= 15 is 0 Å². The first-order valence-electron chi connectivity index (χ1n) is 7.03. The van der Waals surface area contributed by atoms with E-state index in [4.69, 9.17) is 4.74 Å². The first kappa shape index (κ1) is 15.1. The molecule has 1 aromatic heterocycles. The molecule has 6 nitrogen and oxygen atoms in total. The van der Waals surface area contributed by atoms with Crippen LogP contribution in [0.25, 0.3) is 16.6 Å². The van der Waals surface area contributed by atoms with Gasteiger partial charge >= 0.3 is 5.97 Å². The maximum atomic E-state index is 11.5. The number of nitrogens with zero attached hydrogens (tertiary/aromatic N) is 2. The molecule has 3 aromatic rings. The van der Waals surface area contributed by atoms with E-state index in [1.807, 2.05) is 18.2 Å². The molecule has 0 saturated heterocycles.